The molecule has 1 heterocycles. The third-order valence-corrected chi connectivity index (χ3v) is 4.30. The molecule has 0 aliphatic carbocycles. The van der Waals surface area contributed by atoms with Gasteiger partial charge in [0, 0.05) is 7.05 Å². The van der Waals surface area contributed by atoms with Crippen LogP contribution in [0.1, 0.15) is 37.9 Å². The van der Waals surface area contributed by atoms with Crippen LogP contribution in [0.15, 0.2) is 29.3 Å². The van der Waals surface area contributed by atoms with Gasteiger partial charge < -0.3 is 4.90 Å². The molecular formula is C15H22N2S. The van der Waals surface area contributed by atoms with Crippen molar-refractivity contribution in [2.75, 3.05) is 19.8 Å². The van der Waals surface area contributed by atoms with Gasteiger partial charge in [0.15, 0.2) is 5.17 Å². The number of likely N-dealkylation sites (N-methyl/N-ethyl adjacent to an activating group) is 1. The number of rotatable bonds is 1. The quantitative estimate of drug-likeness (QED) is 0.767. The lowest BCUT2D eigenvalue weighted by atomic mass is 9.86. The van der Waals surface area contributed by atoms with Crippen molar-refractivity contribution in [1.29, 1.82) is 0 Å². The van der Waals surface area contributed by atoms with Gasteiger partial charge in [-0.3, -0.25) is 4.99 Å². The van der Waals surface area contributed by atoms with Crippen LogP contribution in [0.5, 0.6) is 0 Å². The van der Waals surface area contributed by atoms with Crippen LogP contribution in [0.3, 0.4) is 0 Å². The van der Waals surface area contributed by atoms with Crippen LogP contribution in [0.2, 0.25) is 0 Å². The smallest absolute Gasteiger partial charge is 0.159 e. The molecule has 1 aliphatic rings. The van der Waals surface area contributed by atoms with Crippen LogP contribution >= 0.6 is 11.8 Å². The fourth-order valence-corrected chi connectivity index (χ4v) is 2.89. The largest absolute Gasteiger partial charge is 0.346 e. The number of aliphatic imine (C=N–C) groups is 1. The molecule has 1 unspecified atom stereocenters. The van der Waals surface area contributed by atoms with E-state index in [4.69, 9.17) is 0 Å². The van der Waals surface area contributed by atoms with Crippen molar-refractivity contribution in [2.45, 2.75) is 32.2 Å². The standard InChI is InChI=1S/C15H22N2S/c1-15(2,3)12-8-6-11(7-9-12)13-10-16-14(18-5)17(13)4/h6-9,13H,10H2,1-5H3. The average Bonchev–Trinajstić information content (AvgIpc) is 2.69. The molecule has 3 heteroatoms. The van der Waals surface area contributed by atoms with E-state index in [2.05, 4.69) is 68.2 Å². The minimum atomic E-state index is 0.223. The Labute approximate surface area is 114 Å². The predicted molar refractivity (Wildman–Crippen MR) is 81.5 cm³/mol. The summed E-state index contributed by atoms with van der Waals surface area (Å²) in [6, 6.07) is 9.41. The van der Waals surface area contributed by atoms with Crippen LogP contribution in [-0.2, 0) is 5.41 Å². The van der Waals surface area contributed by atoms with Crippen LogP contribution in [0.25, 0.3) is 0 Å². The molecule has 1 aromatic carbocycles. The van der Waals surface area contributed by atoms with Crippen molar-refractivity contribution in [2.24, 2.45) is 4.99 Å². The van der Waals surface area contributed by atoms with E-state index in [-0.39, 0.29) is 5.41 Å². The van der Waals surface area contributed by atoms with Crippen molar-refractivity contribution >= 4 is 16.9 Å². The van der Waals surface area contributed by atoms with Gasteiger partial charge in [-0.25, -0.2) is 0 Å². The number of thioether (sulfide) groups is 1. The first kappa shape index (κ1) is 13.5. The van der Waals surface area contributed by atoms with Gasteiger partial charge in [-0.1, -0.05) is 56.8 Å². The maximum absolute atomic E-state index is 4.57. The molecule has 1 aliphatic heterocycles. The molecule has 0 spiro atoms. The lowest BCUT2D eigenvalue weighted by molar-refractivity contribution is 0.422. The van der Waals surface area contributed by atoms with Gasteiger partial charge in [-0.2, -0.15) is 0 Å². The molecule has 98 valence electrons. The maximum atomic E-state index is 4.57. The zero-order valence-corrected chi connectivity index (χ0v) is 12.7. The number of hydrogen-bond donors (Lipinski definition) is 0. The molecule has 1 aromatic rings. The second-order valence-electron chi connectivity index (χ2n) is 5.83. The summed E-state index contributed by atoms with van der Waals surface area (Å²) in [6.07, 6.45) is 2.08. The minimum absolute atomic E-state index is 0.223. The Balaban J connectivity index is 2.17. The Hall–Kier alpha value is -0.960. The van der Waals surface area contributed by atoms with E-state index in [0.29, 0.717) is 6.04 Å². The van der Waals surface area contributed by atoms with E-state index in [9.17, 15) is 0 Å². The lowest BCUT2D eigenvalue weighted by Crippen LogP contribution is -2.24. The number of amidine groups is 1. The van der Waals surface area contributed by atoms with Gasteiger partial charge in [0.2, 0.25) is 0 Å². The molecule has 0 saturated carbocycles. The highest BCUT2D eigenvalue weighted by molar-refractivity contribution is 8.13. The monoisotopic (exact) mass is 262 g/mol. The van der Waals surface area contributed by atoms with E-state index >= 15 is 0 Å². The molecule has 0 aromatic heterocycles. The first-order valence-corrected chi connectivity index (χ1v) is 7.57. The van der Waals surface area contributed by atoms with Gasteiger partial charge in [-0.05, 0) is 22.8 Å². The summed E-state index contributed by atoms with van der Waals surface area (Å²) in [5, 5.41) is 1.14. The normalized spacial score (nSPS) is 20.2. The Kier molecular flexibility index (Phi) is 3.71. The first-order valence-electron chi connectivity index (χ1n) is 6.35. The van der Waals surface area contributed by atoms with Crippen molar-refractivity contribution in [3.8, 4) is 0 Å². The Morgan fingerprint density at radius 3 is 2.28 bits per heavy atom. The highest BCUT2D eigenvalue weighted by atomic mass is 32.2. The minimum Gasteiger partial charge on any atom is -0.346 e. The van der Waals surface area contributed by atoms with Crippen LogP contribution in [0, 0.1) is 0 Å². The molecular weight excluding hydrogens is 240 g/mol. The SMILES string of the molecule is CSC1=NCC(c2ccc(C(C)(C)C)cc2)N1C. The van der Waals surface area contributed by atoms with E-state index in [1.165, 1.54) is 11.1 Å². The Bertz CT molecular complexity index is 443. The summed E-state index contributed by atoms with van der Waals surface area (Å²) < 4.78 is 0. The van der Waals surface area contributed by atoms with Gasteiger partial charge in [-0.15, -0.1) is 0 Å². The molecule has 2 rings (SSSR count). The molecule has 1 atom stereocenters. The number of benzene rings is 1. The third-order valence-electron chi connectivity index (χ3n) is 3.51. The zero-order chi connectivity index (χ0) is 13.3. The van der Waals surface area contributed by atoms with E-state index in [0.717, 1.165) is 11.7 Å². The molecule has 0 radical (unpaired) electrons. The van der Waals surface area contributed by atoms with Crippen LogP contribution in [0.4, 0.5) is 0 Å². The van der Waals surface area contributed by atoms with Crippen LogP contribution < -0.4 is 0 Å². The molecule has 0 bridgehead atoms. The van der Waals surface area contributed by atoms with Crippen molar-refractivity contribution < 1.29 is 0 Å². The molecule has 18 heavy (non-hydrogen) atoms. The molecule has 0 saturated heterocycles. The average molecular weight is 262 g/mol. The Morgan fingerprint density at radius 1 is 1.22 bits per heavy atom. The first-order chi connectivity index (χ1) is 8.43. The second-order valence-corrected chi connectivity index (χ2v) is 6.60. The van der Waals surface area contributed by atoms with Crippen molar-refractivity contribution in [3.05, 3.63) is 35.4 Å². The molecule has 0 amide bonds. The summed E-state index contributed by atoms with van der Waals surface area (Å²) in [5.74, 6) is 0. The highest BCUT2D eigenvalue weighted by Gasteiger charge is 2.25. The second kappa shape index (κ2) is 4.96. The molecule has 2 nitrogen and oxygen atoms in total. The summed E-state index contributed by atoms with van der Waals surface area (Å²) in [4.78, 5) is 6.84. The van der Waals surface area contributed by atoms with Gasteiger partial charge in [0.25, 0.3) is 0 Å². The fourth-order valence-electron chi connectivity index (χ4n) is 2.27. The molecule has 0 N–H and O–H groups in total. The summed E-state index contributed by atoms with van der Waals surface area (Å²) in [7, 11) is 2.13. The van der Waals surface area contributed by atoms with Gasteiger partial charge in [0.05, 0.1) is 12.6 Å². The number of nitrogens with zero attached hydrogens (tertiary/aromatic N) is 2. The van der Waals surface area contributed by atoms with Gasteiger partial charge >= 0.3 is 0 Å². The van der Waals surface area contributed by atoms with E-state index < -0.39 is 0 Å². The van der Waals surface area contributed by atoms with Crippen molar-refractivity contribution in [1.82, 2.24) is 4.90 Å². The van der Waals surface area contributed by atoms with E-state index in [1.807, 2.05) is 0 Å². The van der Waals surface area contributed by atoms with Gasteiger partial charge in [0.1, 0.15) is 0 Å². The Morgan fingerprint density at radius 2 is 1.83 bits per heavy atom. The summed E-state index contributed by atoms with van der Waals surface area (Å²) in [6.45, 7) is 7.62. The highest BCUT2D eigenvalue weighted by Crippen LogP contribution is 2.30. The maximum Gasteiger partial charge on any atom is 0.159 e. The number of hydrogen-bond acceptors (Lipinski definition) is 3. The summed E-state index contributed by atoms with van der Waals surface area (Å²) >= 11 is 1.72. The van der Waals surface area contributed by atoms with Crippen molar-refractivity contribution in [3.63, 3.8) is 0 Å². The van der Waals surface area contributed by atoms with E-state index in [1.54, 1.807) is 11.8 Å². The zero-order valence-electron chi connectivity index (χ0n) is 11.9. The lowest BCUT2D eigenvalue weighted by Gasteiger charge is -2.24. The fraction of sp³-hybridized carbons (Fsp3) is 0.533. The van der Waals surface area contributed by atoms with Crippen LogP contribution in [-0.4, -0.2) is 29.9 Å². The summed E-state index contributed by atoms with van der Waals surface area (Å²) in [5.41, 5.74) is 2.97. The predicted octanol–water partition coefficient (Wildman–Crippen LogP) is 3.69. The third kappa shape index (κ3) is 2.56. The topological polar surface area (TPSA) is 15.6 Å². The molecule has 0 fully saturated rings.